The van der Waals surface area contributed by atoms with Gasteiger partial charge >= 0.3 is 6.61 Å². The van der Waals surface area contributed by atoms with Crippen LogP contribution in [-0.2, 0) is 6.54 Å². The molecule has 0 fully saturated rings. The minimum atomic E-state index is -2.78. The van der Waals surface area contributed by atoms with Gasteiger partial charge in [0.2, 0.25) is 0 Å². The minimum Gasteiger partial charge on any atom is -0.434 e. The minimum absolute atomic E-state index is 0.259. The van der Waals surface area contributed by atoms with Crippen molar-refractivity contribution in [3.63, 3.8) is 0 Å². The van der Waals surface area contributed by atoms with E-state index in [1.165, 1.54) is 32.1 Å². The third kappa shape index (κ3) is 8.00. The van der Waals surface area contributed by atoms with Gasteiger partial charge in [0.25, 0.3) is 0 Å². The first-order chi connectivity index (χ1) is 10.1. The molecule has 1 atom stereocenters. The number of para-hydroxylation sites is 1. The van der Waals surface area contributed by atoms with Gasteiger partial charge in [-0.25, -0.2) is 0 Å². The van der Waals surface area contributed by atoms with Crippen LogP contribution in [0, 0.1) is 0 Å². The van der Waals surface area contributed by atoms with Crippen molar-refractivity contribution in [1.29, 1.82) is 0 Å². The predicted molar refractivity (Wildman–Crippen MR) is 82.8 cm³/mol. The Morgan fingerprint density at radius 2 is 1.81 bits per heavy atom. The van der Waals surface area contributed by atoms with Crippen LogP contribution >= 0.6 is 0 Å². The summed E-state index contributed by atoms with van der Waals surface area (Å²) in [7, 11) is 0. The molecule has 0 bridgehead atoms. The number of hydrogen-bond acceptors (Lipinski definition) is 2. The Kier molecular flexibility index (Phi) is 8.99. The highest BCUT2D eigenvalue weighted by molar-refractivity contribution is 5.33. The fourth-order valence-electron chi connectivity index (χ4n) is 2.30. The van der Waals surface area contributed by atoms with Crippen LogP contribution in [0.25, 0.3) is 0 Å². The highest BCUT2D eigenvalue weighted by Gasteiger charge is 2.09. The van der Waals surface area contributed by atoms with Gasteiger partial charge in [0.1, 0.15) is 5.75 Å². The van der Waals surface area contributed by atoms with Crippen LogP contribution in [0.2, 0.25) is 0 Å². The van der Waals surface area contributed by atoms with Crippen molar-refractivity contribution in [2.24, 2.45) is 0 Å². The number of rotatable bonds is 11. The summed E-state index contributed by atoms with van der Waals surface area (Å²) in [5.74, 6) is 0.259. The number of ether oxygens (including phenoxy) is 1. The first-order valence-corrected chi connectivity index (χ1v) is 7.89. The second-order valence-electron chi connectivity index (χ2n) is 5.47. The molecule has 2 nitrogen and oxygen atoms in total. The lowest BCUT2D eigenvalue weighted by atomic mass is 10.1. The van der Waals surface area contributed by atoms with E-state index in [0.717, 1.165) is 12.0 Å². The second kappa shape index (κ2) is 10.6. The van der Waals surface area contributed by atoms with Crippen molar-refractivity contribution in [3.8, 4) is 5.75 Å². The van der Waals surface area contributed by atoms with Gasteiger partial charge in [0.15, 0.2) is 0 Å². The maximum absolute atomic E-state index is 12.3. The van der Waals surface area contributed by atoms with Crippen LogP contribution in [0.15, 0.2) is 24.3 Å². The van der Waals surface area contributed by atoms with Crippen molar-refractivity contribution in [1.82, 2.24) is 5.32 Å². The third-order valence-corrected chi connectivity index (χ3v) is 3.57. The summed E-state index contributed by atoms with van der Waals surface area (Å²) in [6.45, 7) is 2.13. The lowest BCUT2D eigenvalue weighted by Gasteiger charge is -2.16. The van der Waals surface area contributed by atoms with Gasteiger partial charge in [-0.3, -0.25) is 0 Å². The SMILES string of the molecule is CCCCCCCC(C)NCc1ccccc1OC(F)F. The average Bonchev–Trinajstić information content (AvgIpc) is 2.45. The van der Waals surface area contributed by atoms with Crippen LogP contribution in [-0.4, -0.2) is 12.7 Å². The molecule has 21 heavy (non-hydrogen) atoms. The van der Waals surface area contributed by atoms with Gasteiger partial charge in [0, 0.05) is 18.2 Å². The van der Waals surface area contributed by atoms with E-state index in [9.17, 15) is 8.78 Å². The Labute approximate surface area is 126 Å². The summed E-state index contributed by atoms with van der Waals surface area (Å²) < 4.78 is 29.2. The molecule has 0 heterocycles. The summed E-state index contributed by atoms with van der Waals surface area (Å²) in [4.78, 5) is 0. The molecular weight excluding hydrogens is 272 g/mol. The fourth-order valence-corrected chi connectivity index (χ4v) is 2.30. The van der Waals surface area contributed by atoms with Gasteiger partial charge in [-0.05, 0) is 19.4 Å². The summed E-state index contributed by atoms with van der Waals surface area (Å²) in [5.41, 5.74) is 0.774. The Morgan fingerprint density at radius 3 is 2.52 bits per heavy atom. The molecule has 0 saturated carbocycles. The second-order valence-corrected chi connectivity index (χ2v) is 5.47. The number of hydrogen-bond donors (Lipinski definition) is 1. The maximum atomic E-state index is 12.3. The normalized spacial score (nSPS) is 12.6. The van der Waals surface area contributed by atoms with E-state index >= 15 is 0 Å². The number of benzene rings is 1. The van der Waals surface area contributed by atoms with Crippen molar-refractivity contribution < 1.29 is 13.5 Å². The Balaban J connectivity index is 2.30. The Bertz CT molecular complexity index is 385. The number of nitrogens with one attached hydrogen (secondary N) is 1. The molecule has 1 aromatic rings. The molecule has 0 aliphatic rings. The lowest BCUT2D eigenvalue weighted by molar-refractivity contribution is -0.0505. The van der Waals surface area contributed by atoms with Gasteiger partial charge in [-0.2, -0.15) is 8.78 Å². The standard InChI is InChI=1S/C17H27F2NO/c1-3-4-5-6-7-10-14(2)20-13-15-11-8-9-12-16(15)21-17(18)19/h8-9,11-12,14,17,20H,3-7,10,13H2,1-2H3. The zero-order valence-corrected chi connectivity index (χ0v) is 13.1. The molecule has 0 spiro atoms. The fraction of sp³-hybridized carbons (Fsp3) is 0.647. The monoisotopic (exact) mass is 299 g/mol. The third-order valence-electron chi connectivity index (χ3n) is 3.57. The van der Waals surface area contributed by atoms with Gasteiger partial charge in [-0.1, -0.05) is 57.2 Å². The van der Waals surface area contributed by atoms with Gasteiger partial charge in [-0.15, -0.1) is 0 Å². The van der Waals surface area contributed by atoms with Crippen LogP contribution in [0.5, 0.6) is 5.75 Å². The smallest absolute Gasteiger partial charge is 0.387 e. The van der Waals surface area contributed by atoms with Crippen LogP contribution in [0.4, 0.5) is 8.78 Å². The number of alkyl halides is 2. The molecule has 0 amide bonds. The quantitative estimate of drug-likeness (QED) is 0.572. The van der Waals surface area contributed by atoms with Crippen molar-refractivity contribution >= 4 is 0 Å². The number of halogens is 2. The molecule has 1 aromatic carbocycles. The molecule has 0 aliphatic heterocycles. The molecule has 0 radical (unpaired) electrons. The van der Waals surface area contributed by atoms with Gasteiger partial charge in [0.05, 0.1) is 0 Å². The molecule has 0 saturated heterocycles. The van der Waals surface area contributed by atoms with Crippen LogP contribution in [0.3, 0.4) is 0 Å². The van der Waals surface area contributed by atoms with Crippen molar-refractivity contribution in [2.75, 3.05) is 0 Å². The molecule has 120 valence electrons. The summed E-state index contributed by atoms with van der Waals surface area (Å²) in [6, 6.07) is 7.33. The van der Waals surface area contributed by atoms with E-state index < -0.39 is 6.61 Å². The molecule has 4 heteroatoms. The van der Waals surface area contributed by atoms with Crippen molar-refractivity contribution in [3.05, 3.63) is 29.8 Å². The molecule has 1 unspecified atom stereocenters. The molecule has 1 rings (SSSR count). The Hall–Kier alpha value is -1.16. The zero-order chi connectivity index (χ0) is 15.5. The van der Waals surface area contributed by atoms with Crippen LogP contribution < -0.4 is 10.1 Å². The molecule has 0 aliphatic carbocycles. The van der Waals surface area contributed by atoms with E-state index in [-0.39, 0.29) is 5.75 Å². The first kappa shape index (κ1) is 17.9. The zero-order valence-electron chi connectivity index (χ0n) is 13.1. The molecule has 1 N–H and O–H groups in total. The van der Waals surface area contributed by atoms with Gasteiger partial charge < -0.3 is 10.1 Å². The largest absolute Gasteiger partial charge is 0.434 e. The molecular formula is C17H27F2NO. The van der Waals surface area contributed by atoms with Crippen LogP contribution in [0.1, 0.15) is 57.9 Å². The van der Waals surface area contributed by atoms with E-state index in [1.54, 1.807) is 12.1 Å². The van der Waals surface area contributed by atoms with E-state index in [2.05, 4.69) is 23.9 Å². The first-order valence-electron chi connectivity index (χ1n) is 7.89. The molecule has 0 aromatic heterocycles. The lowest BCUT2D eigenvalue weighted by Crippen LogP contribution is -2.25. The van der Waals surface area contributed by atoms with E-state index in [4.69, 9.17) is 0 Å². The summed E-state index contributed by atoms with van der Waals surface area (Å²) >= 11 is 0. The average molecular weight is 299 g/mol. The predicted octanol–water partition coefficient (Wildman–Crippen LogP) is 5.13. The van der Waals surface area contributed by atoms with E-state index in [0.29, 0.717) is 12.6 Å². The summed E-state index contributed by atoms with van der Waals surface area (Å²) in [5, 5.41) is 3.38. The maximum Gasteiger partial charge on any atom is 0.387 e. The number of unbranched alkanes of at least 4 members (excludes halogenated alkanes) is 4. The van der Waals surface area contributed by atoms with Crippen molar-refractivity contribution in [2.45, 2.75) is 71.6 Å². The van der Waals surface area contributed by atoms with E-state index in [1.807, 2.05) is 12.1 Å². The highest BCUT2D eigenvalue weighted by atomic mass is 19.3. The topological polar surface area (TPSA) is 21.3 Å². The summed E-state index contributed by atoms with van der Waals surface area (Å²) in [6.07, 6.45) is 7.46. The Morgan fingerprint density at radius 1 is 1.10 bits per heavy atom. The highest BCUT2D eigenvalue weighted by Crippen LogP contribution is 2.20.